The van der Waals surface area contributed by atoms with E-state index >= 15 is 0 Å². The predicted molar refractivity (Wildman–Crippen MR) is 64.3 cm³/mol. The topological polar surface area (TPSA) is 37.8 Å². The second-order valence-corrected chi connectivity index (χ2v) is 3.95. The summed E-state index contributed by atoms with van der Waals surface area (Å²) in [6.07, 6.45) is 4.09. The van der Waals surface area contributed by atoms with Gasteiger partial charge in [-0.25, -0.2) is 9.97 Å². The standard InChI is InChI=1S/C13H13N3/c1-2-5-10(6-3-1)13-15-9-12-11(16-13)7-4-8-14-12/h1-3,5-6,9,14H,4,7-8H2. The second-order valence-electron chi connectivity index (χ2n) is 3.95. The molecule has 0 atom stereocenters. The number of anilines is 1. The van der Waals surface area contributed by atoms with Crippen LogP contribution in [-0.2, 0) is 6.42 Å². The van der Waals surface area contributed by atoms with Crippen LogP contribution >= 0.6 is 0 Å². The van der Waals surface area contributed by atoms with Crippen molar-refractivity contribution in [2.75, 3.05) is 11.9 Å². The summed E-state index contributed by atoms with van der Waals surface area (Å²) in [5.74, 6) is 0.822. The van der Waals surface area contributed by atoms with Gasteiger partial charge in [0.25, 0.3) is 0 Å². The van der Waals surface area contributed by atoms with E-state index in [9.17, 15) is 0 Å². The molecule has 0 aliphatic carbocycles. The molecule has 0 amide bonds. The van der Waals surface area contributed by atoms with E-state index in [0.717, 1.165) is 42.2 Å². The summed E-state index contributed by atoms with van der Waals surface area (Å²) < 4.78 is 0. The van der Waals surface area contributed by atoms with Gasteiger partial charge in [0.2, 0.25) is 0 Å². The van der Waals surface area contributed by atoms with Crippen LogP contribution in [0.3, 0.4) is 0 Å². The van der Waals surface area contributed by atoms with Gasteiger partial charge in [-0.3, -0.25) is 0 Å². The number of aryl methyl sites for hydroxylation is 1. The summed E-state index contributed by atoms with van der Waals surface area (Å²) in [4.78, 5) is 9.00. The molecule has 1 aliphatic rings. The zero-order chi connectivity index (χ0) is 10.8. The monoisotopic (exact) mass is 211 g/mol. The molecule has 0 saturated carbocycles. The molecule has 3 heteroatoms. The van der Waals surface area contributed by atoms with Crippen molar-refractivity contribution in [2.45, 2.75) is 12.8 Å². The minimum atomic E-state index is 0.822. The summed E-state index contributed by atoms with van der Waals surface area (Å²) in [7, 11) is 0. The highest BCUT2D eigenvalue weighted by atomic mass is 15.0. The predicted octanol–water partition coefficient (Wildman–Crippen LogP) is 2.50. The highest BCUT2D eigenvalue weighted by Crippen LogP contribution is 2.22. The average molecular weight is 211 g/mol. The van der Waals surface area contributed by atoms with Crippen molar-refractivity contribution in [3.8, 4) is 11.4 Å². The Bertz CT molecular complexity index is 494. The molecule has 0 radical (unpaired) electrons. The van der Waals surface area contributed by atoms with Crippen LogP contribution in [0.4, 0.5) is 5.69 Å². The Morgan fingerprint density at radius 2 is 2.00 bits per heavy atom. The lowest BCUT2D eigenvalue weighted by Gasteiger charge is -2.16. The smallest absolute Gasteiger partial charge is 0.159 e. The molecule has 0 unspecified atom stereocenters. The van der Waals surface area contributed by atoms with E-state index in [1.807, 2.05) is 36.5 Å². The van der Waals surface area contributed by atoms with E-state index < -0.39 is 0 Å². The molecule has 2 aromatic rings. The number of benzene rings is 1. The quantitative estimate of drug-likeness (QED) is 0.787. The van der Waals surface area contributed by atoms with Gasteiger partial charge in [-0.2, -0.15) is 0 Å². The molecule has 1 aromatic carbocycles. The molecule has 1 N–H and O–H groups in total. The maximum atomic E-state index is 4.61. The molecule has 0 spiro atoms. The maximum Gasteiger partial charge on any atom is 0.159 e. The van der Waals surface area contributed by atoms with Crippen molar-refractivity contribution in [3.05, 3.63) is 42.2 Å². The van der Waals surface area contributed by atoms with Crippen molar-refractivity contribution in [2.24, 2.45) is 0 Å². The molecule has 0 bridgehead atoms. The largest absolute Gasteiger partial charge is 0.382 e. The zero-order valence-electron chi connectivity index (χ0n) is 8.98. The van der Waals surface area contributed by atoms with Gasteiger partial charge in [0, 0.05) is 12.1 Å². The lowest BCUT2D eigenvalue weighted by atomic mass is 10.1. The summed E-state index contributed by atoms with van der Waals surface area (Å²) in [5.41, 5.74) is 3.31. The normalized spacial score (nSPS) is 14.0. The molecule has 16 heavy (non-hydrogen) atoms. The fraction of sp³-hybridized carbons (Fsp3) is 0.231. The number of hydrogen-bond donors (Lipinski definition) is 1. The maximum absolute atomic E-state index is 4.61. The summed E-state index contributed by atoms with van der Waals surface area (Å²) in [6.45, 7) is 1.03. The highest BCUT2D eigenvalue weighted by Gasteiger charge is 2.11. The van der Waals surface area contributed by atoms with Crippen molar-refractivity contribution >= 4 is 5.69 Å². The molecule has 2 heterocycles. The molecule has 0 fully saturated rings. The molecular formula is C13H13N3. The van der Waals surface area contributed by atoms with Gasteiger partial charge < -0.3 is 5.32 Å². The van der Waals surface area contributed by atoms with E-state index in [1.54, 1.807) is 0 Å². The van der Waals surface area contributed by atoms with Gasteiger partial charge in [-0.05, 0) is 12.8 Å². The van der Waals surface area contributed by atoms with Gasteiger partial charge in [0.15, 0.2) is 5.82 Å². The molecule has 3 nitrogen and oxygen atoms in total. The van der Waals surface area contributed by atoms with Crippen molar-refractivity contribution in [1.82, 2.24) is 9.97 Å². The average Bonchev–Trinajstić information content (AvgIpc) is 2.39. The highest BCUT2D eigenvalue weighted by molar-refractivity contribution is 5.58. The van der Waals surface area contributed by atoms with Crippen LogP contribution in [0.1, 0.15) is 12.1 Å². The van der Waals surface area contributed by atoms with E-state index in [4.69, 9.17) is 0 Å². The molecule has 1 aliphatic heterocycles. The second kappa shape index (κ2) is 3.93. The van der Waals surface area contributed by atoms with Crippen LogP contribution in [0.25, 0.3) is 11.4 Å². The number of fused-ring (bicyclic) bond motifs is 1. The van der Waals surface area contributed by atoms with E-state index in [1.165, 1.54) is 0 Å². The first kappa shape index (κ1) is 9.33. The third-order valence-corrected chi connectivity index (χ3v) is 2.81. The summed E-state index contributed by atoms with van der Waals surface area (Å²) in [5, 5.41) is 3.32. The Balaban J connectivity index is 2.03. The Kier molecular flexibility index (Phi) is 2.29. The lowest BCUT2D eigenvalue weighted by Crippen LogP contribution is -2.14. The van der Waals surface area contributed by atoms with Crippen LogP contribution in [0, 0.1) is 0 Å². The number of nitrogens with zero attached hydrogens (tertiary/aromatic N) is 2. The van der Waals surface area contributed by atoms with Crippen molar-refractivity contribution in [3.63, 3.8) is 0 Å². The van der Waals surface area contributed by atoms with E-state index in [0.29, 0.717) is 0 Å². The van der Waals surface area contributed by atoms with Crippen LogP contribution in [0.5, 0.6) is 0 Å². The summed E-state index contributed by atoms with van der Waals surface area (Å²) in [6, 6.07) is 10.1. The molecular weight excluding hydrogens is 198 g/mol. The number of nitrogens with one attached hydrogen (secondary N) is 1. The van der Waals surface area contributed by atoms with Crippen LogP contribution < -0.4 is 5.32 Å². The number of rotatable bonds is 1. The molecule has 3 rings (SSSR count). The van der Waals surface area contributed by atoms with E-state index in [2.05, 4.69) is 15.3 Å². The minimum Gasteiger partial charge on any atom is -0.382 e. The Morgan fingerprint density at radius 3 is 2.88 bits per heavy atom. The van der Waals surface area contributed by atoms with Gasteiger partial charge in [0.05, 0.1) is 17.6 Å². The Labute approximate surface area is 94.6 Å². The fourth-order valence-corrected chi connectivity index (χ4v) is 1.96. The van der Waals surface area contributed by atoms with Crippen LogP contribution in [0.2, 0.25) is 0 Å². The Morgan fingerprint density at radius 1 is 1.12 bits per heavy atom. The zero-order valence-corrected chi connectivity index (χ0v) is 8.98. The third-order valence-electron chi connectivity index (χ3n) is 2.81. The first-order chi connectivity index (χ1) is 7.93. The number of aromatic nitrogens is 2. The molecule has 1 aromatic heterocycles. The first-order valence-corrected chi connectivity index (χ1v) is 5.59. The molecule has 80 valence electrons. The van der Waals surface area contributed by atoms with Gasteiger partial charge in [0.1, 0.15) is 0 Å². The summed E-state index contributed by atoms with van der Waals surface area (Å²) >= 11 is 0. The SMILES string of the molecule is c1ccc(-c2ncc3c(n2)CCCN3)cc1. The Hall–Kier alpha value is -1.90. The van der Waals surface area contributed by atoms with Gasteiger partial charge in [-0.15, -0.1) is 0 Å². The lowest BCUT2D eigenvalue weighted by molar-refractivity contribution is 0.796. The molecule has 0 saturated heterocycles. The first-order valence-electron chi connectivity index (χ1n) is 5.59. The van der Waals surface area contributed by atoms with Crippen LogP contribution in [0.15, 0.2) is 36.5 Å². The van der Waals surface area contributed by atoms with Crippen molar-refractivity contribution in [1.29, 1.82) is 0 Å². The fourth-order valence-electron chi connectivity index (χ4n) is 1.96. The van der Waals surface area contributed by atoms with Gasteiger partial charge in [-0.1, -0.05) is 30.3 Å². The number of hydrogen-bond acceptors (Lipinski definition) is 3. The van der Waals surface area contributed by atoms with Gasteiger partial charge >= 0.3 is 0 Å². The van der Waals surface area contributed by atoms with E-state index in [-0.39, 0.29) is 0 Å². The third kappa shape index (κ3) is 1.65. The van der Waals surface area contributed by atoms with Crippen LogP contribution in [-0.4, -0.2) is 16.5 Å². The minimum absolute atomic E-state index is 0.822. The van der Waals surface area contributed by atoms with Crippen molar-refractivity contribution < 1.29 is 0 Å².